The number of hydrogen-bond donors (Lipinski definition) is 0. The van der Waals surface area contributed by atoms with E-state index >= 15 is 8.78 Å². The molecule has 0 spiro atoms. The van der Waals surface area contributed by atoms with E-state index < -0.39 is 17.2 Å². The third-order valence-corrected chi connectivity index (χ3v) is 6.46. The minimum absolute atomic E-state index is 0.335. The van der Waals surface area contributed by atoms with Gasteiger partial charge < -0.3 is 4.90 Å². The van der Waals surface area contributed by atoms with Crippen molar-refractivity contribution in [1.82, 2.24) is 0 Å². The van der Waals surface area contributed by atoms with Crippen molar-refractivity contribution in [2.45, 2.75) is 26.3 Å². The summed E-state index contributed by atoms with van der Waals surface area (Å²) in [5.41, 5.74) is 5.69. The van der Waals surface area contributed by atoms with E-state index in [0.717, 1.165) is 33.4 Å². The average Bonchev–Trinajstić information content (AvgIpc) is 2.91. The minimum atomic E-state index is -0.614. The summed E-state index contributed by atoms with van der Waals surface area (Å²) in [6.45, 7) is 5.91. The molecular formula is C34H29F2N. The Balaban J connectivity index is 1.82. The number of nitrogens with zero attached hydrogens (tertiary/aromatic N) is 1. The van der Waals surface area contributed by atoms with Crippen molar-refractivity contribution < 1.29 is 8.78 Å². The quantitative estimate of drug-likeness (QED) is 0.237. The van der Waals surface area contributed by atoms with Crippen LogP contribution in [0.2, 0.25) is 0 Å². The Labute approximate surface area is 217 Å². The lowest BCUT2D eigenvalue weighted by atomic mass is 9.89. The average molecular weight is 490 g/mol. The third-order valence-electron chi connectivity index (χ3n) is 6.46. The van der Waals surface area contributed by atoms with Crippen LogP contribution >= 0.6 is 0 Å². The molecule has 0 radical (unpaired) electrons. The zero-order chi connectivity index (χ0) is 26.0. The first-order valence-electron chi connectivity index (χ1n) is 12.4. The second-order valence-electron chi connectivity index (χ2n) is 10.1. The fourth-order valence-electron chi connectivity index (χ4n) is 4.87. The Kier molecular flexibility index (Phi) is 6.62. The molecule has 3 heteroatoms. The van der Waals surface area contributed by atoms with Crippen molar-refractivity contribution in [3.05, 3.63) is 133 Å². The number of hydrogen-bond acceptors (Lipinski definition) is 1. The summed E-state index contributed by atoms with van der Waals surface area (Å²) in [6.07, 6.45) is 0. The van der Waals surface area contributed by atoms with E-state index in [4.69, 9.17) is 0 Å². The first kappa shape index (κ1) is 24.5. The number of halogens is 2. The molecule has 0 saturated carbocycles. The molecule has 5 aromatic carbocycles. The Bertz CT molecular complexity index is 1520. The molecule has 5 aromatic rings. The maximum Gasteiger partial charge on any atom is 0.147 e. The van der Waals surface area contributed by atoms with Gasteiger partial charge in [-0.15, -0.1) is 0 Å². The Morgan fingerprint density at radius 3 is 1.73 bits per heavy atom. The lowest BCUT2D eigenvalue weighted by Crippen LogP contribution is -2.39. The summed E-state index contributed by atoms with van der Waals surface area (Å²) in [7, 11) is 0. The lowest BCUT2D eigenvalue weighted by Gasteiger charge is -2.40. The normalized spacial score (nSPS) is 11.4. The van der Waals surface area contributed by atoms with Crippen LogP contribution in [-0.2, 0) is 0 Å². The van der Waals surface area contributed by atoms with E-state index in [1.807, 2.05) is 87.5 Å². The van der Waals surface area contributed by atoms with E-state index in [1.165, 1.54) is 12.1 Å². The largest absolute Gasteiger partial charge is 0.331 e. The van der Waals surface area contributed by atoms with E-state index in [-0.39, 0.29) is 0 Å². The topological polar surface area (TPSA) is 3.24 Å². The van der Waals surface area contributed by atoms with Gasteiger partial charge in [-0.3, -0.25) is 0 Å². The van der Waals surface area contributed by atoms with Gasteiger partial charge in [0.25, 0.3) is 0 Å². The van der Waals surface area contributed by atoms with Gasteiger partial charge in [-0.1, -0.05) is 97.1 Å². The molecule has 0 aliphatic carbocycles. The highest BCUT2D eigenvalue weighted by atomic mass is 19.1. The van der Waals surface area contributed by atoms with Gasteiger partial charge in [-0.25, -0.2) is 8.78 Å². The summed E-state index contributed by atoms with van der Waals surface area (Å²) in [5, 5.41) is 0. The molecule has 37 heavy (non-hydrogen) atoms. The maximum absolute atomic E-state index is 16.0. The van der Waals surface area contributed by atoms with E-state index in [1.54, 1.807) is 23.1 Å². The van der Waals surface area contributed by atoms with Crippen LogP contribution in [0.15, 0.2) is 121 Å². The molecule has 0 aliphatic rings. The van der Waals surface area contributed by atoms with Crippen LogP contribution in [0.3, 0.4) is 0 Å². The molecule has 0 fully saturated rings. The van der Waals surface area contributed by atoms with Gasteiger partial charge in [-0.2, -0.15) is 0 Å². The third kappa shape index (κ3) is 4.90. The van der Waals surface area contributed by atoms with Crippen molar-refractivity contribution in [3.8, 4) is 33.4 Å². The monoisotopic (exact) mass is 489 g/mol. The SMILES string of the molecule is CC(C)(C)N(c1ccccc1F)c1c(F)ccc(-c2cccc(-c3ccccc3)c2)c1-c1ccccc1. The fraction of sp³-hybridized carbons (Fsp3) is 0.118. The predicted octanol–water partition coefficient (Wildman–Crippen LogP) is 9.90. The molecule has 0 N–H and O–H groups in total. The van der Waals surface area contributed by atoms with Crippen molar-refractivity contribution >= 4 is 11.4 Å². The summed E-state index contributed by atoms with van der Waals surface area (Å²) in [5.74, 6) is -0.799. The Hall–Kier alpha value is -4.24. The molecule has 5 rings (SSSR count). The highest BCUT2D eigenvalue weighted by Gasteiger charge is 2.31. The predicted molar refractivity (Wildman–Crippen MR) is 151 cm³/mol. The molecule has 0 amide bonds. The number of benzene rings is 5. The molecule has 0 aliphatic heterocycles. The van der Waals surface area contributed by atoms with Crippen LogP contribution in [0.1, 0.15) is 20.8 Å². The zero-order valence-corrected chi connectivity index (χ0v) is 21.3. The van der Waals surface area contributed by atoms with Gasteiger partial charge in [-0.05, 0) is 72.9 Å². The van der Waals surface area contributed by atoms with Crippen LogP contribution in [0.4, 0.5) is 20.2 Å². The van der Waals surface area contributed by atoms with Gasteiger partial charge in [0.1, 0.15) is 11.6 Å². The number of rotatable bonds is 5. The van der Waals surface area contributed by atoms with E-state index in [0.29, 0.717) is 11.4 Å². The standard InChI is InChI=1S/C34H29F2N/c1-34(2,3)37(31-20-11-10-19-29(31)35)33-30(36)22-21-28(32(33)25-15-8-5-9-16-25)27-18-12-17-26(23-27)24-13-6-4-7-14-24/h4-23H,1-3H3. The minimum Gasteiger partial charge on any atom is -0.331 e. The van der Waals surface area contributed by atoms with Crippen LogP contribution < -0.4 is 4.90 Å². The van der Waals surface area contributed by atoms with Gasteiger partial charge in [0.05, 0.1) is 11.4 Å². The van der Waals surface area contributed by atoms with E-state index in [2.05, 4.69) is 24.3 Å². The lowest BCUT2D eigenvalue weighted by molar-refractivity contribution is 0.527. The van der Waals surface area contributed by atoms with Gasteiger partial charge >= 0.3 is 0 Å². The molecule has 0 saturated heterocycles. The highest BCUT2D eigenvalue weighted by molar-refractivity contribution is 5.95. The van der Waals surface area contributed by atoms with Crippen molar-refractivity contribution in [3.63, 3.8) is 0 Å². The molecule has 0 heterocycles. The molecule has 0 bridgehead atoms. The molecule has 0 unspecified atom stereocenters. The zero-order valence-electron chi connectivity index (χ0n) is 21.3. The number of para-hydroxylation sites is 1. The van der Waals surface area contributed by atoms with Crippen LogP contribution in [0.25, 0.3) is 33.4 Å². The van der Waals surface area contributed by atoms with Crippen molar-refractivity contribution in [2.75, 3.05) is 4.90 Å². The number of anilines is 2. The second-order valence-corrected chi connectivity index (χ2v) is 10.1. The molecule has 184 valence electrons. The van der Waals surface area contributed by atoms with Crippen LogP contribution in [0.5, 0.6) is 0 Å². The van der Waals surface area contributed by atoms with Gasteiger partial charge in [0, 0.05) is 11.1 Å². The highest BCUT2D eigenvalue weighted by Crippen LogP contribution is 2.47. The molecule has 1 nitrogen and oxygen atoms in total. The van der Waals surface area contributed by atoms with Gasteiger partial charge in [0.2, 0.25) is 0 Å². The Morgan fingerprint density at radius 1 is 0.514 bits per heavy atom. The molecular weight excluding hydrogens is 460 g/mol. The van der Waals surface area contributed by atoms with Crippen LogP contribution in [0, 0.1) is 11.6 Å². The summed E-state index contributed by atoms with van der Waals surface area (Å²) in [6, 6.07) is 38.1. The summed E-state index contributed by atoms with van der Waals surface area (Å²) in [4.78, 5) is 1.78. The maximum atomic E-state index is 16.0. The molecule has 0 atom stereocenters. The second kappa shape index (κ2) is 10.0. The Morgan fingerprint density at radius 2 is 1.08 bits per heavy atom. The summed E-state index contributed by atoms with van der Waals surface area (Å²) < 4.78 is 31.2. The fourth-order valence-corrected chi connectivity index (χ4v) is 4.87. The molecule has 0 aromatic heterocycles. The van der Waals surface area contributed by atoms with E-state index in [9.17, 15) is 0 Å². The smallest absolute Gasteiger partial charge is 0.147 e. The summed E-state index contributed by atoms with van der Waals surface area (Å²) >= 11 is 0. The van der Waals surface area contributed by atoms with Gasteiger partial charge in [0.15, 0.2) is 0 Å². The van der Waals surface area contributed by atoms with Crippen LogP contribution in [-0.4, -0.2) is 5.54 Å². The van der Waals surface area contributed by atoms with Crippen molar-refractivity contribution in [1.29, 1.82) is 0 Å². The van der Waals surface area contributed by atoms with Crippen molar-refractivity contribution in [2.24, 2.45) is 0 Å². The first-order valence-corrected chi connectivity index (χ1v) is 12.4. The first-order chi connectivity index (χ1) is 17.8.